The topological polar surface area (TPSA) is 57.7 Å². The number of Topliss-reactive ketones (excluding diaryl/α,β-unsaturated/α-hetero) is 1. The van der Waals surface area contributed by atoms with E-state index in [2.05, 4.69) is 107 Å². The predicted octanol–water partition coefficient (Wildman–Crippen LogP) is 6.10. The normalized spacial score (nSPS) is 23.2. The molecule has 0 aliphatic carbocycles. The van der Waals surface area contributed by atoms with Crippen molar-refractivity contribution in [2.45, 2.75) is 73.4 Å². The molecule has 0 aromatic heterocycles. The van der Waals surface area contributed by atoms with Crippen molar-refractivity contribution in [3.05, 3.63) is 108 Å². The van der Waals surface area contributed by atoms with Crippen molar-refractivity contribution in [3.63, 3.8) is 0 Å². The number of hydrogen-bond acceptors (Lipinski definition) is 4. The van der Waals surface area contributed by atoms with E-state index in [1.165, 1.54) is 0 Å². The SMILES string of the molecule is CN1C(=O)CCC1C(=O)C1([SiH](C)C)C(=O)N(C(C)(C)C)C1SC(c1ccccc1)(c1ccccc1)c1ccccc1. The Morgan fingerprint density at radius 2 is 1.27 bits per heavy atom. The molecule has 7 heteroatoms. The van der Waals surface area contributed by atoms with Gasteiger partial charge in [0.15, 0.2) is 5.78 Å². The maximum absolute atomic E-state index is 14.7. The van der Waals surface area contributed by atoms with Gasteiger partial charge in [0.05, 0.1) is 25.0 Å². The lowest BCUT2D eigenvalue weighted by Crippen LogP contribution is -2.76. The van der Waals surface area contributed by atoms with Gasteiger partial charge in [-0.3, -0.25) is 14.4 Å². The van der Waals surface area contributed by atoms with Gasteiger partial charge in [-0.25, -0.2) is 0 Å². The Morgan fingerprint density at radius 1 is 0.829 bits per heavy atom. The number of β-lactam (4-membered cyclic amide) rings is 1. The molecule has 2 aliphatic rings. The highest BCUT2D eigenvalue weighted by Gasteiger charge is 2.71. The molecule has 0 spiro atoms. The molecule has 0 saturated carbocycles. The first kappa shape index (κ1) is 29.3. The van der Waals surface area contributed by atoms with Gasteiger partial charge in [-0.1, -0.05) is 104 Å². The van der Waals surface area contributed by atoms with E-state index in [0.717, 1.165) is 16.7 Å². The number of amides is 2. The number of nitrogens with zero attached hydrogens (tertiary/aromatic N) is 2. The molecule has 5 rings (SSSR count). The van der Waals surface area contributed by atoms with E-state index in [0.29, 0.717) is 12.8 Å². The van der Waals surface area contributed by atoms with Gasteiger partial charge in [-0.2, -0.15) is 0 Å². The summed E-state index contributed by atoms with van der Waals surface area (Å²) in [5.74, 6) is -0.177. The highest BCUT2D eigenvalue weighted by Crippen LogP contribution is 2.64. The molecule has 0 radical (unpaired) electrons. The van der Waals surface area contributed by atoms with Crippen molar-refractivity contribution in [2.75, 3.05) is 7.05 Å². The fourth-order valence-electron chi connectivity index (χ4n) is 6.67. The van der Waals surface area contributed by atoms with Crippen molar-refractivity contribution in [3.8, 4) is 0 Å². The first-order valence-corrected chi connectivity index (χ1v) is 18.2. The zero-order valence-electron chi connectivity index (χ0n) is 24.8. The number of carbonyl (C=O) groups excluding carboxylic acids is 3. The van der Waals surface area contributed by atoms with Crippen LogP contribution in [-0.2, 0) is 19.1 Å². The lowest BCUT2D eigenvalue weighted by Gasteiger charge is -2.63. The zero-order valence-corrected chi connectivity index (χ0v) is 26.8. The quantitative estimate of drug-likeness (QED) is 0.139. The Morgan fingerprint density at radius 3 is 1.61 bits per heavy atom. The summed E-state index contributed by atoms with van der Waals surface area (Å²) in [6.07, 6.45) is 0.817. The van der Waals surface area contributed by atoms with Gasteiger partial charge in [-0.05, 0) is 43.9 Å². The number of likely N-dealkylation sites (N-methyl/N-ethyl adjacent to an activating group) is 1. The largest absolute Gasteiger partial charge is 0.336 e. The number of hydrogen-bond donors (Lipinski definition) is 0. The van der Waals surface area contributed by atoms with Gasteiger partial charge in [0.1, 0.15) is 5.04 Å². The van der Waals surface area contributed by atoms with Crippen molar-refractivity contribution in [1.29, 1.82) is 0 Å². The number of carbonyl (C=O) groups is 3. The Labute approximate surface area is 249 Å². The minimum atomic E-state index is -1.97. The van der Waals surface area contributed by atoms with Crippen molar-refractivity contribution < 1.29 is 14.4 Å². The molecule has 2 aliphatic heterocycles. The maximum atomic E-state index is 14.7. The fourth-order valence-corrected chi connectivity index (χ4v) is 11.9. The monoisotopic (exact) mass is 584 g/mol. The minimum absolute atomic E-state index is 0.0280. The molecule has 2 heterocycles. The highest BCUT2D eigenvalue weighted by atomic mass is 32.2. The molecule has 3 aromatic carbocycles. The molecule has 0 bridgehead atoms. The third-order valence-corrected chi connectivity index (χ3v) is 13.6. The molecule has 41 heavy (non-hydrogen) atoms. The van der Waals surface area contributed by atoms with E-state index in [9.17, 15) is 14.4 Å². The first-order chi connectivity index (χ1) is 19.5. The van der Waals surface area contributed by atoms with Crippen LogP contribution in [0.3, 0.4) is 0 Å². The summed E-state index contributed by atoms with van der Waals surface area (Å²) in [7, 11) is -0.261. The summed E-state index contributed by atoms with van der Waals surface area (Å²) in [5, 5.41) is -1.54. The van der Waals surface area contributed by atoms with Gasteiger partial charge < -0.3 is 9.80 Å². The van der Waals surface area contributed by atoms with Crippen LogP contribution < -0.4 is 0 Å². The summed E-state index contributed by atoms with van der Waals surface area (Å²) in [6.45, 7) is 10.4. The van der Waals surface area contributed by atoms with Crippen LogP contribution in [0.15, 0.2) is 91.0 Å². The van der Waals surface area contributed by atoms with Crippen LogP contribution in [-0.4, -0.2) is 60.2 Å². The van der Waals surface area contributed by atoms with E-state index in [1.54, 1.807) is 23.7 Å². The number of ketones is 1. The summed E-state index contributed by atoms with van der Waals surface area (Å²) >= 11 is 1.72. The second kappa shape index (κ2) is 10.9. The van der Waals surface area contributed by atoms with E-state index >= 15 is 0 Å². The average molecular weight is 585 g/mol. The molecule has 0 N–H and O–H groups in total. The molecular weight excluding hydrogens is 545 g/mol. The van der Waals surface area contributed by atoms with Crippen molar-refractivity contribution in [2.24, 2.45) is 0 Å². The van der Waals surface area contributed by atoms with E-state index in [1.807, 2.05) is 23.1 Å². The Balaban J connectivity index is 1.77. The smallest absolute Gasteiger partial charge is 0.237 e. The standard InChI is InChI=1S/C34H40N2O3SSi/c1-32(2,3)36-30(39)34(41(5)6,29(38)27-22-23-28(37)35(27)4)31(36)40-33(24-16-10-7-11-17-24,25-18-12-8-13-19-25)26-20-14-9-15-21-26/h7-21,27,31,41H,22-23H2,1-6H3. The van der Waals surface area contributed by atoms with Crippen LogP contribution in [0.4, 0.5) is 0 Å². The van der Waals surface area contributed by atoms with Crippen LogP contribution in [0.25, 0.3) is 0 Å². The fraction of sp³-hybridized carbons (Fsp3) is 0.382. The van der Waals surface area contributed by atoms with Crippen LogP contribution in [0.5, 0.6) is 0 Å². The van der Waals surface area contributed by atoms with Gasteiger partial charge in [0, 0.05) is 19.0 Å². The van der Waals surface area contributed by atoms with E-state index in [4.69, 9.17) is 0 Å². The highest BCUT2D eigenvalue weighted by molar-refractivity contribution is 8.01. The lowest BCUT2D eigenvalue weighted by atomic mass is 9.82. The molecule has 3 atom stereocenters. The van der Waals surface area contributed by atoms with E-state index < -0.39 is 35.5 Å². The third-order valence-electron chi connectivity index (χ3n) is 8.86. The molecule has 2 saturated heterocycles. The molecule has 2 fully saturated rings. The third kappa shape index (κ3) is 4.58. The number of likely N-dealkylation sites (tertiary alicyclic amines) is 2. The van der Waals surface area contributed by atoms with Crippen LogP contribution >= 0.6 is 11.8 Å². The Kier molecular flexibility index (Phi) is 7.81. The Hall–Kier alpha value is -3.16. The molecule has 5 nitrogen and oxygen atoms in total. The van der Waals surface area contributed by atoms with Crippen molar-refractivity contribution >= 4 is 38.2 Å². The lowest BCUT2D eigenvalue weighted by molar-refractivity contribution is -0.162. The minimum Gasteiger partial charge on any atom is -0.336 e. The average Bonchev–Trinajstić information content (AvgIpc) is 3.29. The second-order valence-corrected chi connectivity index (χ2v) is 17.1. The number of rotatable bonds is 8. The van der Waals surface area contributed by atoms with Gasteiger partial charge in [0.25, 0.3) is 0 Å². The van der Waals surface area contributed by atoms with Gasteiger partial charge in [0.2, 0.25) is 11.8 Å². The van der Waals surface area contributed by atoms with Gasteiger partial charge >= 0.3 is 0 Å². The zero-order chi connectivity index (χ0) is 29.6. The second-order valence-electron chi connectivity index (χ2n) is 12.5. The number of thioether (sulfide) groups is 1. The number of benzene rings is 3. The Bertz CT molecular complexity index is 1330. The predicted molar refractivity (Wildman–Crippen MR) is 170 cm³/mol. The summed E-state index contributed by atoms with van der Waals surface area (Å²) < 4.78 is -0.690. The van der Waals surface area contributed by atoms with Crippen LogP contribution in [0.2, 0.25) is 18.1 Å². The van der Waals surface area contributed by atoms with Gasteiger partial charge in [-0.15, -0.1) is 11.8 Å². The molecule has 3 aromatic rings. The molecular formula is C34H40N2O3SSi. The summed E-state index contributed by atoms with van der Waals surface area (Å²) in [5.41, 5.74) is 2.79. The maximum Gasteiger partial charge on any atom is 0.237 e. The molecule has 2 amide bonds. The van der Waals surface area contributed by atoms with Crippen LogP contribution in [0, 0.1) is 0 Å². The van der Waals surface area contributed by atoms with Crippen molar-refractivity contribution in [1.82, 2.24) is 9.80 Å². The first-order valence-electron chi connectivity index (χ1n) is 14.5. The summed E-state index contributed by atoms with van der Waals surface area (Å²) in [4.78, 5) is 45.3. The summed E-state index contributed by atoms with van der Waals surface area (Å²) in [6, 6.07) is 30.7. The van der Waals surface area contributed by atoms with E-state index in [-0.39, 0.29) is 17.6 Å². The molecule has 214 valence electrons. The molecule has 3 unspecified atom stereocenters. The van der Waals surface area contributed by atoms with Crippen LogP contribution in [0.1, 0.15) is 50.3 Å².